The third kappa shape index (κ3) is 5.67. The van der Waals surface area contributed by atoms with Crippen LogP contribution in [0.4, 0.5) is 4.79 Å². The van der Waals surface area contributed by atoms with Gasteiger partial charge in [0.25, 0.3) is 0 Å². The van der Waals surface area contributed by atoms with Crippen molar-refractivity contribution < 1.29 is 14.3 Å². The summed E-state index contributed by atoms with van der Waals surface area (Å²) in [5, 5.41) is 2.45. The Bertz CT molecular complexity index is 282. The van der Waals surface area contributed by atoms with Crippen molar-refractivity contribution in [3.8, 4) is 0 Å². The zero-order valence-corrected chi connectivity index (χ0v) is 9.37. The molecule has 1 unspecified atom stereocenters. The van der Waals surface area contributed by atoms with Crippen LogP contribution in [0.3, 0.4) is 0 Å². The fraction of sp³-hybridized carbons (Fsp3) is 0.455. The van der Waals surface area contributed by atoms with Gasteiger partial charge in [0.2, 0.25) is 0 Å². The molecule has 0 aromatic rings. The first kappa shape index (κ1) is 13.4. The van der Waals surface area contributed by atoms with Gasteiger partial charge in [-0.25, -0.2) is 4.79 Å². The molecule has 4 nitrogen and oxygen atoms in total. The van der Waals surface area contributed by atoms with Crippen LogP contribution in [0.15, 0.2) is 24.3 Å². The lowest BCUT2D eigenvalue weighted by atomic mass is 10.0. The Morgan fingerprint density at radius 1 is 1.53 bits per heavy atom. The van der Waals surface area contributed by atoms with Gasteiger partial charge in [0.15, 0.2) is 5.78 Å². The molecule has 1 atom stereocenters. The lowest BCUT2D eigenvalue weighted by molar-refractivity contribution is -0.118. The highest BCUT2D eigenvalue weighted by Crippen LogP contribution is 2.06. The van der Waals surface area contributed by atoms with E-state index in [1.165, 1.54) is 14.0 Å². The molecule has 1 amide bonds. The Hall–Kier alpha value is -1.58. The summed E-state index contributed by atoms with van der Waals surface area (Å²) in [4.78, 5) is 22.1. The lowest BCUT2D eigenvalue weighted by Gasteiger charge is -2.14. The maximum Gasteiger partial charge on any atom is 0.407 e. The molecule has 0 heterocycles. The number of ketones is 1. The molecule has 0 spiro atoms. The number of rotatable bonds is 5. The number of nitrogens with one attached hydrogen (secondary N) is 1. The van der Waals surface area contributed by atoms with E-state index in [1.807, 2.05) is 13.0 Å². The molecule has 1 N–H and O–H groups in total. The van der Waals surface area contributed by atoms with Crippen molar-refractivity contribution in [2.24, 2.45) is 0 Å². The molecular formula is C11H17NO3. The van der Waals surface area contributed by atoms with Crippen molar-refractivity contribution >= 4 is 11.9 Å². The van der Waals surface area contributed by atoms with Crippen LogP contribution in [0.2, 0.25) is 0 Å². The average Bonchev–Trinajstić information content (AvgIpc) is 2.16. The highest BCUT2D eigenvalue weighted by atomic mass is 16.5. The molecule has 0 saturated heterocycles. The van der Waals surface area contributed by atoms with E-state index in [9.17, 15) is 9.59 Å². The first-order valence-corrected chi connectivity index (χ1v) is 4.66. The molecule has 0 saturated carbocycles. The van der Waals surface area contributed by atoms with Crippen LogP contribution in [-0.2, 0) is 9.53 Å². The summed E-state index contributed by atoms with van der Waals surface area (Å²) in [6.45, 7) is 7.05. The topological polar surface area (TPSA) is 55.4 Å². The molecule has 0 aromatic heterocycles. The van der Waals surface area contributed by atoms with E-state index in [1.54, 1.807) is 6.08 Å². The molecule has 0 aliphatic heterocycles. The fourth-order valence-corrected chi connectivity index (χ4v) is 1.06. The number of hydrogen-bond donors (Lipinski definition) is 1. The van der Waals surface area contributed by atoms with Crippen molar-refractivity contribution in [3.63, 3.8) is 0 Å². The average molecular weight is 211 g/mol. The van der Waals surface area contributed by atoms with Gasteiger partial charge in [-0.2, -0.15) is 0 Å². The predicted octanol–water partition coefficient (Wildman–Crippen LogP) is 1.82. The maximum absolute atomic E-state index is 11.2. The van der Waals surface area contributed by atoms with Gasteiger partial charge in [-0.15, -0.1) is 0 Å². The molecule has 0 aliphatic carbocycles. The number of allylic oxidation sites excluding steroid dienone is 2. The second kappa shape index (κ2) is 6.81. The van der Waals surface area contributed by atoms with Gasteiger partial charge in [0, 0.05) is 0 Å². The van der Waals surface area contributed by atoms with Crippen LogP contribution >= 0.6 is 0 Å². The van der Waals surface area contributed by atoms with Gasteiger partial charge in [-0.3, -0.25) is 4.79 Å². The van der Waals surface area contributed by atoms with Crippen LogP contribution in [0, 0.1) is 0 Å². The Labute approximate surface area is 90.0 Å². The largest absolute Gasteiger partial charge is 0.453 e. The summed E-state index contributed by atoms with van der Waals surface area (Å²) in [5.74, 6) is -0.119. The molecule has 0 bridgehead atoms. The fourth-order valence-electron chi connectivity index (χ4n) is 1.06. The van der Waals surface area contributed by atoms with Crippen molar-refractivity contribution in [2.75, 3.05) is 7.11 Å². The summed E-state index contributed by atoms with van der Waals surface area (Å²) in [5.41, 5.74) is 0.786. The number of carbonyl (C=O) groups is 2. The van der Waals surface area contributed by atoms with Gasteiger partial charge < -0.3 is 10.1 Å². The van der Waals surface area contributed by atoms with Crippen molar-refractivity contribution in [1.29, 1.82) is 0 Å². The van der Waals surface area contributed by atoms with Crippen molar-refractivity contribution in [2.45, 2.75) is 26.3 Å². The SMILES string of the molecule is C=C(/C=C\C)CC(NC(=O)OC)C(C)=O. The zero-order valence-electron chi connectivity index (χ0n) is 9.37. The third-order valence-corrected chi connectivity index (χ3v) is 1.84. The molecule has 84 valence electrons. The van der Waals surface area contributed by atoms with E-state index in [4.69, 9.17) is 0 Å². The van der Waals surface area contributed by atoms with Crippen LogP contribution in [0.1, 0.15) is 20.3 Å². The Morgan fingerprint density at radius 3 is 2.53 bits per heavy atom. The van der Waals surface area contributed by atoms with Gasteiger partial charge in [0.1, 0.15) is 0 Å². The van der Waals surface area contributed by atoms with Crippen LogP contribution in [0.5, 0.6) is 0 Å². The number of ether oxygens (including phenoxy) is 1. The number of methoxy groups -OCH3 is 1. The Balaban J connectivity index is 4.35. The van der Waals surface area contributed by atoms with Crippen LogP contribution in [-0.4, -0.2) is 25.0 Å². The highest BCUT2D eigenvalue weighted by Gasteiger charge is 2.17. The minimum atomic E-state index is -0.608. The molecule has 0 rings (SSSR count). The van der Waals surface area contributed by atoms with Gasteiger partial charge in [-0.05, 0) is 20.3 Å². The normalized spacial score (nSPS) is 12.2. The summed E-state index contributed by atoms with van der Waals surface area (Å²) in [6, 6.07) is -0.568. The number of amides is 1. The monoisotopic (exact) mass is 211 g/mol. The van der Waals surface area contributed by atoms with Gasteiger partial charge >= 0.3 is 6.09 Å². The third-order valence-electron chi connectivity index (χ3n) is 1.84. The number of hydrogen-bond acceptors (Lipinski definition) is 3. The molecule has 4 heteroatoms. The van der Waals surface area contributed by atoms with Gasteiger partial charge in [-0.1, -0.05) is 24.3 Å². The first-order chi connectivity index (χ1) is 7.01. The molecule has 15 heavy (non-hydrogen) atoms. The van der Waals surface area contributed by atoms with E-state index in [-0.39, 0.29) is 5.78 Å². The number of carbonyl (C=O) groups excluding carboxylic acids is 2. The second-order valence-electron chi connectivity index (χ2n) is 3.16. The first-order valence-electron chi connectivity index (χ1n) is 4.66. The van der Waals surface area contributed by atoms with Crippen molar-refractivity contribution in [3.05, 3.63) is 24.3 Å². The molecule has 0 aliphatic rings. The van der Waals surface area contributed by atoms with Gasteiger partial charge in [0.05, 0.1) is 13.2 Å². The highest BCUT2D eigenvalue weighted by molar-refractivity contribution is 5.85. The molecule has 0 radical (unpaired) electrons. The minimum Gasteiger partial charge on any atom is -0.453 e. The lowest BCUT2D eigenvalue weighted by Crippen LogP contribution is -2.39. The number of Topliss-reactive ketones (excluding diaryl/α,β-unsaturated/α-hetero) is 1. The van der Waals surface area contributed by atoms with Crippen LogP contribution < -0.4 is 5.32 Å². The summed E-state index contributed by atoms with van der Waals surface area (Å²) in [7, 11) is 1.26. The summed E-state index contributed by atoms with van der Waals surface area (Å²) < 4.78 is 4.42. The summed E-state index contributed by atoms with van der Waals surface area (Å²) >= 11 is 0. The quantitative estimate of drug-likeness (QED) is 0.706. The van der Waals surface area contributed by atoms with E-state index >= 15 is 0 Å². The van der Waals surface area contributed by atoms with E-state index < -0.39 is 12.1 Å². The summed E-state index contributed by atoms with van der Waals surface area (Å²) in [6.07, 6.45) is 3.42. The zero-order chi connectivity index (χ0) is 11.8. The van der Waals surface area contributed by atoms with Crippen molar-refractivity contribution in [1.82, 2.24) is 5.32 Å². The molecule has 0 fully saturated rings. The molecular weight excluding hydrogens is 194 g/mol. The van der Waals surface area contributed by atoms with E-state index in [0.717, 1.165) is 5.57 Å². The number of alkyl carbamates (subject to hydrolysis) is 1. The smallest absolute Gasteiger partial charge is 0.407 e. The minimum absolute atomic E-state index is 0.119. The Morgan fingerprint density at radius 2 is 2.13 bits per heavy atom. The maximum atomic E-state index is 11.2. The Kier molecular flexibility index (Phi) is 6.09. The van der Waals surface area contributed by atoms with Crippen LogP contribution in [0.25, 0.3) is 0 Å². The van der Waals surface area contributed by atoms with E-state index in [2.05, 4.69) is 16.6 Å². The second-order valence-corrected chi connectivity index (χ2v) is 3.16. The predicted molar refractivity (Wildman–Crippen MR) is 58.6 cm³/mol. The van der Waals surface area contributed by atoms with E-state index in [0.29, 0.717) is 6.42 Å². The molecule has 0 aromatic carbocycles. The standard InChI is InChI=1S/C11H17NO3/c1-5-6-8(2)7-10(9(3)13)12-11(14)15-4/h5-6,10H,2,7H2,1,3-4H3,(H,12,14)/b6-5-.